The van der Waals surface area contributed by atoms with Gasteiger partial charge in [0.05, 0.1) is 44.5 Å². The van der Waals surface area contributed by atoms with Crippen LogP contribution >= 0.6 is 0 Å². The lowest BCUT2D eigenvalue weighted by Gasteiger charge is -2.25. The van der Waals surface area contributed by atoms with E-state index in [0.717, 1.165) is 135 Å². The Bertz CT molecular complexity index is 5580. The molecule has 0 fully saturated rings. The molecule has 4 aromatic heterocycles. The van der Waals surface area contributed by atoms with E-state index in [0.29, 0.717) is 5.82 Å². The molecule has 0 aliphatic heterocycles. The SMILES string of the molecule is c1ccc(N(c2ccccc2)c2ccc3c4ccccc4n(-c4cccc(-c5cc(-c6cccc(-n7c8ccccc8c8ccc(N(c9ccccc9)c9ccccc9)cc87)c6)nc(-c6cccc(-n7c8ccccc8c8ccc(N(c9ccccc9)c9ccccc9)cc87)c6)n5)c4)c3c2)cc1. The van der Waals surface area contributed by atoms with E-state index < -0.39 is 0 Å². The predicted molar refractivity (Wildman–Crippen MR) is 425 cm³/mol. The summed E-state index contributed by atoms with van der Waals surface area (Å²) >= 11 is 0. The number of hydrogen-bond acceptors (Lipinski definition) is 5. The summed E-state index contributed by atoms with van der Waals surface area (Å²) in [4.78, 5) is 18.4. The van der Waals surface area contributed by atoms with Crippen molar-refractivity contribution < 1.29 is 0 Å². The van der Waals surface area contributed by atoms with Gasteiger partial charge in [0.2, 0.25) is 0 Å². The Morgan fingerprint density at radius 3 is 0.735 bits per heavy atom. The third-order valence-electron chi connectivity index (χ3n) is 19.7. The summed E-state index contributed by atoms with van der Waals surface area (Å²) in [7, 11) is 0. The van der Waals surface area contributed by atoms with Gasteiger partial charge in [0.25, 0.3) is 0 Å². The van der Waals surface area contributed by atoms with Crippen LogP contribution in [0.15, 0.2) is 388 Å². The second-order valence-corrected chi connectivity index (χ2v) is 25.8. The molecule has 8 heteroatoms. The van der Waals surface area contributed by atoms with Crippen LogP contribution in [0.4, 0.5) is 51.2 Å². The summed E-state index contributed by atoms with van der Waals surface area (Å²) in [6.45, 7) is 0. The van der Waals surface area contributed by atoms with Crippen molar-refractivity contribution in [2.24, 2.45) is 0 Å². The van der Waals surface area contributed by atoms with Crippen LogP contribution in [0.5, 0.6) is 0 Å². The van der Waals surface area contributed by atoms with Crippen LogP contribution in [0, 0.1) is 0 Å². The molecule has 102 heavy (non-hydrogen) atoms. The Hall–Kier alpha value is -13.8. The molecule has 0 radical (unpaired) electrons. The molecule has 0 bridgehead atoms. The average Bonchev–Trinajstić information content (AvgIpc) is 1.59. The summed E-state index contributed by atoms with van der Waals surface area (Å²) in [5, 5.41) is 7.02. The van der Waals surface area contributed by atoms with Crippen LogP contribution in [0.25, 0.3) is 116 Å². The number of para-hydroxylation sites is 9. The van der Waals surface area contributed by atoms with E-state index in [1.165, 1.54) is 26.9 Å². The van der Waals surface area contributed by atoms with Crippen molar-refractivity contribution in [1.82, 2.24) is 23.7 Å². The fourth-order valence-corrected chi connectivity index (χ4v) is 15.2. The molecule has 15 aromatic carbocycles. The molecule has 480 valence electrons. The predicted octanol–water partition coefficient (Wildman–Crippen LogP) is 25.2. The molecule has 0 saturated heterocycles. The first-order valence-electron chi connectivity index (χ1n) is 34.6. The quantitative estimate of drug-likeness (QED) is 0.102. The van der Waals surface area contributed by atoms with Gasteiger partial charge in [0, 0.05) is 117 Å². The molecular formula is C94H64N8. The number of hydrogen-bond donors (Lipinski definition) is 0. The van der Waals surface area contributed by atoms with Crippen molar-refractivity contribution >= 4 is 117 Å². The molecule has 0 amide bonds. The first kappa shape index (κ1) is 59.4. The van der Waals surface area contributed by atoms with Crippen molar-refractivity contribution in [3.63, 3.8) is 0 Å². The maximum atomic E-state index is 5.68. The molecule has 19 rings (SSSR count). The Kier molecular flexibility index (Phi) is 14.7. The Morgan fingerprint density at radius 2 is 0.431 bits per heavy atom. The number of fused-ring (bicyclic) bond motifs is 9. The number of nitrogens with zero attached hydrogens (tertiary/aromatic N) is 8. The van der Waals surface area contributed by atoms with Gasteiger partial charge in [-0.1, -0.05) is 218 Å². The largest absolute Gasteiger partial charge is 0.310 e. The lowest BCUT2D eigenvalue weighted by molar-refractivity contribution is 1.15. The van der Waals surface area contributed by atoms with E-state index in [1.807, 2.05) is 0 Å². The van der Waals surface area contributed by atoms with Gasteiger partial charge in [-0.2, -0.15) is 0 Å². The Labute approximate surface area is 590 Å². The smallest absolute Gasteiger partial charge is 0.160 e. The first-order valence-corrected chi connectivity index (χ1v) is 34.6. The van der Waals surface area contributed by atoms with E-state index in [1.54, 1.807) is 0 Å². The standard InChI is InChI=1S/C94H64N8/c1-7-31-68(32-8-1)97(69-33-9-2-10-34-69)77-52-55-83-80-46-19-22-49-88(80)100(91(83)61-77)74-43-25-28-65(58-74)86-64-87(66-29-26-44-75(59-66)101-89-50-23-20-47-81(89)84-56-53-78(62-92(84)101)98(70-35-11-3-12-36-70)71-37-13-4-14-38-71)96-94(95-86)67-30-27-45-76(60-67)102-90-51-24-21-48-82(90)85-57-54-79(63-93(85)102)99(72-39-15-5-16-40-72)73-41-17-6-18-42-73/h1-64H. The molecule has 0 N–H and O–H groups in total. The van der Waals surface area contributed by atoms with Gasteiger partial charge in [-0.15, -0.1) is 0 Å². The summed E-state index contributed by atoms with van der Waals surface area (Å²) in [6.07, 6.45) is 0. The highest BCUT2D eigenvalue weighted by Crippen LogP contribution is 2.45. The number of benzene rings is 15. The topological polar surface area (TPSA) is 50.3 Å². The molecular weight excluding hydrogens is 1240 g/mol. The molecule has 0 spiro atoms. The number of rotatable bonds is 15. The van der Waals surface area contributed by atoms with Crippen molar-refractivity contribution in [2.45, 2.75) is 0 Å². The van der Waals surface area contributed by atoms with Crippen molar-refractivity contribution in [2.75, 3.05) is 14.7 Å². The maximum Gasteiger partial charge on any atom is 0.160 e. The minimum atomic E-state index is 0.604. The van der Waals surface area contributed by atoms with Gasteiger partial charge in [0.1, 0.15) is 0 Å². The van der Waals surface area contributed by atoms with Crippen LogP contribution in [0.3, 0.4) is 0 Å². The van der Waals surface area contributed by atoms with Crippen molar-refractivity contribution in [3.8, 4) is 51.0 Å². The van der Waals surface area contributed by atoms with Crippen LogP contribution in [-0.4, -0.2) is 23.7 Å². The van der Waals surface area contributed by atoms with Gasteiger partial charge in [-0.3, -0.25) is 0 Å². The fourth-order valence-electron chi connectivity index (χ4n) is 15.2. The second-order valence-electron chi connectivity index (χ2n) is 25.8. The fraction of sp³-hybridized carbons (Fsp3) is 0. The lowest BCUT2D eigenvalue weighted by Crippen LogP contribution is -2.09. The third kappa shape index (κ3) is 10.5. The molecule has 0 saturated carbocycles. The van der Waals surface area contributed by atoms with Gasteiger partial charge in [-0.25, -0.2) is 9.97 Å². The maximum absolute atomic E-state index is 5.68. The lowest BCUT2D eigenvalue weighted by atomic mass is 10.0. The van der Waals surface area contributed by atoms with Gasteiger partial charge < -0.3 is 28.4 Å². The van der Waals surface area contributed by atoms with E-state index in [-0.39, 0.29) is 0 Å². The van der Waals surface area contributed by atoms with E-state index in [4.69, 9.17) is 9.97 Å². The molecule has 0 atom stereocenters. The second kappa shape index (κ2) is 25.2. The number of anilines is 9. The highest BCUT2D eigenvalue weighted by atomic mass is 15.2. The summed E-state index contributed by atoms with van der Waals surface area (Å²) in [5.41, 5.74) is 23.6. The van der Waals surface area contributed by atoms with E-state index >= 15 is 0 Å². The normalized spacial score (nSPS) is 11.5. The third-order valence-corrected chi connectivity index (χ3v) is 19.7. The number of aromatic nitrogens is 5. The van der Waals surface area contributed by atoms with Crippen LogP contribution in [-0.2, 0) is 0 Å². The highest BCUT2D eigenvalue weighted by Gasteiger charge is 2.24. The minimum absolute atomic E-state index is 0.604. The average molecular weight is 1310 g/mol. The van der Waals surface area contributed by atoms with Crippen LogP contribution in [0.1, 0.15) is 0 Å². The monoisotopic (exact) mass is 1300 g/mol. The minimum Gasteiger partial charge on any atom is -0.310 e. The zero-order valence-electron chi connectivity index (χ0n) is 55.5. The van der Waals surface area contributed by atoms with Crippen LogP contribution in [0.2, 0.25) is 0 Å². The molecule has 19 aromatic rings. The van der Waals surface area contributed by atoms with Gasteiger partial charge in [0.15, 0.2) is 5.82 Å². The zero-order chi connectivity index (χ0) is 67.5. The Morgan fingerprint density at radius 1 is 0.176 bits per heavy atom. The molecule has 8 nitrogen and oxygen atoms in total. The van der Waals surface area contributed by atoms with E-state index in [2.05, 4.69) is 417 Å². The van der Waals surface area contributed by atoms with Gasteiger partial charge in [-0.05, 0) is 170 Å². The zero-order valence-corrected chi connectivity index (χ0v) is 55.5. The molecule has 0 unspecified atom stereocenters. The van der Waals surface area contributed by atoms with Gasteiger partial charge >= 0.3 is 0 Å². The molecule has 4 heterocycles. The molecule has 0 aliphatic rings. The van der Waals surface area contributed by atoms with Crippen molar-refractivity contribution in [1.29, 1.82) is 0 Å². The highest BCUT2D eigenvalue weighted by molar-refractivity contribution is 6.13. The molecule has 0 aliphatic carbocycles. The van der Waals surface area contributed by atoms with Crippen molar-refractivity contribution in [3.05, 3.63) is 388 Å². The Balaban J connectivity index is 0.793. The van der Waals surface area contributed by atoms with Crippen LogP contribution < -0.4 is 14.7 Å². The van der Waals surface area contributed by atoms with E-state index in [9.17, 15) is 0 Å². The first-order chi connectivity index (χ1) is 50.6. The summed E-state index contributed by atoms with van der Waals surface area (Å²) < 4.78 is 7.22. The summed E-state index contributed by atoms with van der Waals surface area (Å²) in [6, 6.07) is 139. The summed E-state index contributed by atoms with van der Waals surface area (Å²) in [5.74, 6) is 0.604.